The molecule has 5 rings (SSSR count). The van der Waals surface area contributed by atoms with Crippen LogP contribution in [0.5, 0.6) is 5.75 Å². The Bertz CT molecular complexity index is 1110. The average molecular weight is 460 g/mol. The van der Waals surface area contributed by atoms with Crippen molar-refractivity contribution in [2.45, 2.75) is 19.8 Å². The number of piperazine rings is 1. The van der Waals surface area contributed by atoms with Crippen LogP contribution in [0, 0.1) is 5.92 Å². The van der Waals surface area contributed by atoms with Crippen LogP contribution in [-0.2, 0) is 0 Å². The van der Waals surface area contributed by atoms with Crippen molar-refractivity contribution in [2.75, 3.05) is 57.3 Å². The summed E-state index contributed by atoms with van der Waals surface area (Å²) >= 11 is 0. The molecular formula is C27H33N5O2. The number of hydrogen-bond acceptors (Lipinski definition) is 6. The van der Waals surface area contributed by atoms with Gasteiger partial charge in [0.25, 0.3) is 5.91 Å². The normalized spacial score (nSPS) is 17.8. The minimum Gasteiger partial charge on any atom is -0.492 e. The predicted molar refractivity (Wildman–Crippen MR) is 134 cm³/mol. The van der Waals surface area contributed by atoms with Gasteiger partial charge < -0.3 is 14.5 Å². The summed E-state index contributed by atoms with van der Waals surface area (Å²) in [6, 6.07) is 18.0. The molecule has 2 aliphatic heterocycles. The van der Waals surface area contributed by atoms with Crippen molar-refractivity contribution < 1.29 is 9.53 Å². The van der Waals surface area contributed by atoms with Gasteiger partial charge in [0.2, 0.25) is 0 Å². The van der Waals surface area contributed by atoms with Gasteiger partial charge in [-0.05, 0) is 30.9 Å². The summed E-state index contributed by atoms with van der Waals surface area (Å²) in [5.41, 5.74) is 0.464. The molecule has 0 aliphatic carbocycles. The van der Waals surface area contributed by atoms with Gasteiger partial charge in [0.05, 0.1) is 0 Å². The quantitative estimate of drug-likeness (QED) is 0.560. The zero-order valence-electron chi connectivity index (χ0n) is 19.9. The predicted octanol–water partition coefficient (Wildman–Crippen LogP) is 3.70. The van der Waals surface area contributed by atoms with Crippen LogP contribution < -0.4 is 9.64 Å². The van der Waals surface area contributed by atoms with E-state index in [9.17, 15) is 4.79 Å². The molecule has 7 nitrogen and oxygen atoms in total. The molecule has 0 bridgehead atoms. The lowest BCUT2D eigenvalue weighted by Gasteiger charge is -2.34. The maximum atomic E-state index is 13.4. The Kier molecular flexibility index (Phi) is 6.90. The number of carbonyl (C=O) groups excluding carboxylic acids is 1. The Morgan fingerprint density at radius 1 is 0.882 bits per heavy atom. The van der Waals surface area contributed by atoms with E-state index in [1.807, 2.05) is 53.4 Å². The third-order valence-corrected chi connectivity index (χ3v) is 7.03. The number of nitrogens with zero attached hydrogens (tertiary/aromatic N) is 5. The fourth-order valence-electron chi connectivity index (χ4n) is 4.84. The molecule has 0 unspecified atom stereocenters. The number of benzene rings is 2. The number of rotatable bonds is 6. The van der Waals surface area contributed by atoms with E-state index < -0.39 is 0 Å². The van der Waals surface area contributed by atoms with Crippen LogP contribution in [0.25, 0.3) is 10.8 Å². The van der Waals surface area contributed by atoms with Crippen LogP contribution in [0.15, 0.2) is 54.6 Å². The molecule has 0 spiro atoms. The van der Waals surface area contributed by atoms with E-state index in [-0.39, 0.29) is 5.91 Å². The summed E-state index contributed by atoms with van der Waals surface area (Å²) in [5, 5.41) is 10.9. The highest BCUT2D eigenvalue weighted by Crippen LogP contribution is 2.29. The van der Waals surface area contributed by atoms with Gasteiger partial charge in [0, 0.05) is 56.6 Å². The van der Waals surface area contributed by atoms with Gasteiger partial charge in [0.1, 0.15) is 12.4 Å². The van der Waals surface area contributed by atoms with Gasteiger partial charge >= 0.3 is 0 Å². The zero-order chi connectivity index (χ0) is 23.3. The van der Waals surface area contributed by atoms with Crippen LogP contribution in [0.3, 0.4) is 0 Å². The number of para-hydroxylation sites is 1. The standard InChI is InChI=1S/C27H33N5O2/c1-21-11-13-31(14-12-21)26-24-10-6-5-9-23(24)25(28-29-26)27(33)32-17-15-30(16-18-32)19-20-34-22-7-3-2-4-8-22/h2-10,21H,11-20H2,1H3. The van der Waals surface area contributed by atoms with E-state index in [0.29, 0.717) is 25.4 Å². The van der Waals surface area contributed by atoms with E-state index in [4.69, 9.17) is 4.74 Å². The molecule has 7 heteroatoms. The lowest BCUT2D eigenvalue weighted by atomic mass is 9.99. The Labute approximate surface area is 201 Å². The zero-order valence-corrected chi connectivity index (χ0v) is 19.9. The lowest BCUT2D eigenvalue weighted by Crippen LogP contribution is -2.49. The molecule has 2 aromatic carbocycles. The number of carbonyl (C=O) groups is 1. The number of anilines is 1. The van der Waals surface area contributed by atoms with Crippen LogP contribution >= 0.6 is 0 Å². The Balaban J connectivity index is 1.22. The number of hydrogen-bond donors (Lipinski definition) is 0. The Morgan fingerprint density at radius 3 is 2.29 bits per heavy atom. The van der Waals surface area contributed by atoms with Crippen LogP contribution in [0.4, 0.5) is 5.82 Å². The molecule has 2 fully saturated rings. The topological polar surface area (TPSA) is 61.8 Å². The lowest BCUT2D eigenvalue weighted by molar-refractivity contribution is 0.0615. The second-order valence-corrected chi connectivity index (χ2v) is 9.38. The molecule has 3 aromatic rings. The van der Waals surface area contributed by atoms with Crippen molar-refractivity contribution >= 4 is 22.5 Å². The molecule has 0 atom stereocenters. The van der Waals surface area contributed by atoms with E-state index in [0.717, 1.165) is 73.8 Å². The van der Waals surface area contributed by atoms with Crippen LogP contribution in [-0.4, -0.2) is 78.3 Å². The molecule has 0 radical (unpaired) electrons. The maximum absolute atomic E-state index is 13.4. The summed E-state index contributed by atoms with van der Waals surface area (Å²) in [7, 11) is 0. The Hall–Kier alpha value is -3.19. The Morgan fingerprint density at radius 2 is 1.56 bits per heavy atom. The van der Waals surface area contributed by atoms with Gasteiger partial charge in [-0.15, -0.1) is 10.2 Å². The largest absolute Gasteiger partial charge is 0.492 e. The number of ether oxygens (including phenoxy) is 1. The number of aromatic nitrogens is 2. The van der Waals surface area contributed by atoms with E-state index in [1.165, 1.54) is 0 Å². The molecule has 3 heterocycles. The van der Waals surface area contributed by atoms with E-state index in [1.54, 1.807) is 0 Å². The molecule has 2 saturated heterocycles. The second-order valence-electron chi connectivity index (χ2n) is 9.38. The van der Waals surface area contributed by atoms with E-state index in [2.05, 4.69) is 33.0 Å². The van der Waals surface area contributed by atoms with Crippen LogP contribution in [0.2, 0.25) is 0 Å². The van der Waals surface area contributed by atoms with Crippen molar-refractivity contribution in [1.82, 2.24) is 20.0 Å². The highest BCUT2D eigenvalue weighted by Gasteiger charge is 2.27. The summed E-state index contributed by atoms with van der Waals surface area (Å²) in [5.74, 6) is 2.52. The SMILES string of the molecule is CC1CCN(c2nnc(C(=O)N3CCN(CCOc4ccccc4)CC3)c3ccccc23)CC1. The minimum atomic E-state index is -0.0253. The highest BCUT2D eigenvalue weighted by atomic mass is 16.5. The third kappa shape index (κ3) is 4.99. The van der Waals surface area contributed by atoms with Gasteiger partial charge in [-0.2, -0.15) is 0 Å². The smallest absolute Gasteiger partial charge is 0.275 e. The summed E-state index contributed by atoms with van der Waals surface area (Å²) < 4.78 is 5.82. The third-order valence-electron chi connectivity index (χ3n) is 7.03. The number of piperidine rings is 1. The minimum absolute atomic E-state index is 0.0253. The van der Waals surface area contributed by atoms with Gasteiger partial charge in [-0.25, -0.2) is 0 Å². The number of fused-ring (bicyclic) bond motifs is 1. The molecule has 0 saturated carbocycles. The average Bonchev–Trinajstić information content (AvgIpc) is 2.89. The first-order chi connectivity index (χ1) is 16.7. The first-order valence-corrected chi connectivity index (χ1v) is 12.4. The van der Waals surface area contributed by atoms with Crippen molar-refractivity contribution in [3.05, 3.63) is 60.3 Å². The summed E-state index contributed by atoms with van der Waals surface area (Å²) in [6.45, 7) is 8.81. The van der Waals surface area contributed by atoms with Crippen molar-refractivity contribution in [3.8, 4) is 5.75 Å². The molecule has 1 aromatic heterocycles. The van der Waals surface area contributed by atoms with Crippen LogP contribution in [0.1, 0.15) is 30.3 Å². The summed E-state index contributed by atoms with van der Waals surface area (Å²) in [6.07, 6.45) is 2.33. The first-order valence-electron chi connectivity index (χ1n) is 12.4. The first kappa shape index (κ1) is 22.6. The van der Waals surface area contributed by atoms with Crippen molar-refractivity contribution in [3.63, 3.8) is 0 Å². The van der Waals surface area contributed by atoms with E-state index >= 15 is 0 Å². The molecule has 178 valence electrons. The van der Waals surface area contributed by atoms with Gasteiger partial charge in [-0.3, -0.25) is 9.69 Å². The van der Waals surface area contributed by atoms with Crippen molar-refractivity contribution in [1.29, 1.82) is 0 Å². The number of amides is 1. The fraction of sp³-hybridized carbons (Fsp3) is 0.444. The monoisotopic (exact) mass is 459 g/mol. The van der Waals surface area contributed by atoms with Gasteiger partial charge in [-0.1, -0.05) is 49.4 Å². The highest BCUT2D eigenvalue weighted by molar-refractivity contribution is 6.07. The second kappa shape index (κ2) is 10.4. The molecule has 1 amide bonds. The summed E-state index contributed by atoms with van der Waals surface area (Å²) in [4.78, 5) is 20.0. The fourth-order valence-corrected chi connectivity index (χ4v) is 4.84. The van der Waals surface area contributed by atoms with Gasteiger partial charge in [0.15, 0.2) is 11.5 Å². The van der Waals surface area contributed by atoms with Crippen molar-refractivity contribution in [2.24, 2.45) is 5.92 Å². The molecule has 0 N–H and O–H groups in total. The maximum Gasteiger partial charge on any atom is 0.275 e. The molecule has 34 heavy (non-hydrogen) atoms. The molecular weight excluding hydrogens is 426 g/mol. The molecule has 2 aliphatic rings.